The fourth-order valence-corrected chi connectivity index (χ4v) is 4.11. The first-order chi connectivity index (χ1) is 12.2. The van der Waals surface area contributed by atoms with Crippen LogP contribution in [0.2, 0.25) is 0 Å². The summed E-state index contributed by atoms with van der Waals surface area (Å²) >= 11 is 2.82. The zero-order valence-electron chi connectivity index (χ0n) is 13.9. The van der Waals surface area contributed by atoms with Gasteiger partial charge in [-0.25, -0.2) is 0 Å². The van der Waals surface area contributed by atoms with Crippen LogP contribution in [0.15, 0.2) is 41.3 Å². The van der Waals surface area contributed by atoms with Crippen LogP contribution in [0.1, 0.15) is 12.8 Å². The minimum Gasteiger partial charge on any atom is -0.372 e. The largest absolute Gasteiger partial charge is 0.372 e. The van der Waals surface area contributed by atoms with E-state index in [0.29, 0.717) is 12.3 Å². The van der Waals surface area contributed by atoms with E-state index < -0.39 is 0 Å². The molecule has 1 aliphatic rings. The van der Waals surface area contributed by atoms with Crippen molar-refractivity contribution in [2.75, 3.05) is 40.9 Å². The number of nitrogens with zero attached hydrogens (tertiary/aromatic N) is 3. The lowest BCUT2D eigenvalue weighted by Gasteiger charge is -2.17. The maximum absolute atomic E-state index is 12.1. The number of nitrogens with one attached hydrogen (secondary N) is 2. The number of thioether (sulfide) groups is 1. The number of aromatic nitrogens is 2. The maximum atomic E-state index is 12.1. The minimum atomic E-state index is -0.0466. The summed E-state index contributed by atoms with van der Waals surface area (Å²) in [6.07, 6.45) is 4.27. The Hall–Kier alpha value is -2.06. The molecule has 0 saturated carbocycles. The lowest BCUT2D eigenvalue weighted by molar-refractivity contribution is -0.113. The van der Waals surface area contributed by atoms with Gasteiger partial charge < -0.3 is 15.5 Å². The number of anilines is 3. The molecule has 3 rings (SSSR count). The van der Waals surface area contributed by atoms with Gasteiger partial charge in [-0.05, 0) is 37.1 Å². The van der Waals surface area contributed by atoms with Crippen LogP contribution >= 0.6 is 23.1 Å². The molecule has 0 atom stereocenters. The maximum Gasteiger partial charge on any atom is 0.234 e. The van der Waals surface area contributed by atoms with Crippen LogP contribution in [0.5, 0.6) is 0 Å². The Morgan fingerprint density at radius 1 is 1.28 bits per heavy atom. The Morgan fingerprint density at radius 3 is 2.76 bits per heavy atom. The second kappa shape index (κ2) is 8.87. The van der Waals surface area contributed by atoms with E-state index in [9.17, 15) is 4.79 Å². The Morgan fingerprint density at radius 2 is 2.04 bits per heavy atom. The van der Waals surface area contributed by atoms with Gasteiger partial charge in [0.05, 0.1) is 5.75 Å². The van der Waals surface area contributed by atoms with Gasteiger partial charge in [0.15, 0.2) is 4.34 Å². The van der Waals surface area contributed by atoms with Crippen LogP contribution in [0, 0.1) is 0 Å². The van der Waals surface area contributed by atoms with E-state index >= 15 is 0 Å². The summed E-state index contributed by atoms with van der Waals surface area (Å²) < 4.78 is 0.770. The molecular formula is C17H21N5OS2. The van der Waals surface area contributed by atoms with Gasteiger partial charge in [0.25, 0.3) is 0 Å². The van der Waals surface area contributed by atoms with Gasteiger partial charge in [-0.15, -0.1) is 16.8 Å². The molecule has 0 bridgehead atoms. The van der Waals surface area contributed by atoms with Crippen molar-refractivity contribution >= 4 is 45.5 Å². The Labute approximate surface area is 155 Å². The van der Waals surface area contributed by atoms with Crippen LogP contribution < -0.4 is 15.5 Å². The Bertz CT molecular complexity index is 710. The van der Waals surface area contributed by atoms with Crippen molar-refractivity contribution in [1.82, 2.24) is 10.2 Å². The van der Waals surface area contributed by atoms with E-state index in [1.54, 1.807) is 6.08 Å². The molecule has 8 heteroatoms. The lowest BCUT2D eigenvalue weighted by atomic mass is 10.2. The smallest absolute Gasteiger partial charge is 0.234 e. The second-order valence-electron chi connectivity index (χ2n) is 5.62. The number of hydrogen-bond acceptors (Lipinski definition) is 7. The van der Waals surface area contributed by atoms with Crippen molar-refractivity contribution in [1.29, 1.82) is 0 Å². The monoisotopic (exact) mass is 375 g/mol. The molecule has 0 aliphatic carbocycles. The SMILES string of the molecule is C=CCNc1nnc(SCC(=O)Nc2ccc(N3CCCC3)cc2)s1. The van der Waals surface area contributed by atoms with Crippen molar-refractivity contribution in [3.05, 3.63) is 36.9 Å². The van der Waals surface area contributed by atoms with Crippen molar-refractivity contribution in [3.63, 3.8) is 0 Å². The molecule has 1 amide bonds. The highest BCUT2D eigenvalue weighted by molar-refractivity contribution is 8.01. The topological polar surface area (TPSA) is 70.1 Å². The van der Waals surface area contributed by atoms with Crippen molar-refractivity contribution in [2.45, 2.75) is 17.2 Å². The number of carbonyl (C=O) groups is 1. The average Bonchev–Trinajstić information content (AvgIpc) is 3.31. The van der Waals surface area contributed by atoms with Gasteiger partial charge in [-0.2, -0.15) is 0 Å². The summed E-state index contributed by atoms with van der Waals surface area (Å²) in [5.74, 6) is 0.263. The van der Waals surface area contributed by atoms with Crippen LogP contribution in [0.4, 0.5) is 16.5 Å². The molecule has 1 aromatic heterocycles. The Kier molecular flexibility index (Phi) is 6.30. The quantitative estimate of drug-likeness (QED) is 0.544. The van der Waals surface area contributed by atoms with Gasteiger partial charge >= 0.3 is 0 Å². The van der Waals surface area contributed by atoms with E-state index in [4.69, 9.17) is 0 Å². The lowest BCUT2D eigenvalue weighted by Crippen LogP contribution is -2.18. The van der Waals surface area contributed by atoms with Gasteiger partial charge in [0, 0.05) is 31.0 Å². The normalized spacial score (nSPS) is 13.7. The highest BCUT2D eigenvalue weighted by Gasteiger charge is 2.12. The first-order valence-corrected chi connectivity index (χ1v) is 10.0. The van der Waals surface area contributed by atoms with Gasteiger partial charge in [-0.1, -0.05) is 29.2 Å². The van der Waals surface area contributed by atoms with Crippen molar-refractivity contribution in [3.8, 4) is 0 Å². The molecule has 132 valence electrons. The first-order valence-electron chi connectivity index (χ1n) is 8.20. The molecule has 1 saturated heterocycles. The number of benzene rings is 1. The average molecular weight is 376 g/mol. The minimum absolute atomic E-state index is 0.0466. The molecule has 6 nitrogen and oxygen atoms in total. The first kappa shape index (κ1) is 17.8. The zero-order chi connectivity index (χ0) is 17.5. The summed E-state index contributed by atoms with van der Waals surface area (Å²) in [4.78, 5) is 14.5. The molecular weight excluding hydrogens is 354 g/mol. The van der Waals surface area contributed by atoms with E-state index in [0.717, 1.165) is 28.2 Å². The van der Waals surface area contributed by atoms with Crippen molar-refractivity contribution < 1.29 is 4.79 Å². The fraction of sp³-hybridized carbons (Fsp3) is 0.353. The molecule has 1 fully saturated rings. The van der Waals surface area contributed by atoms with Crippen LogP contribution in [-0.4, -0.2) is 41.5 Å². The molecule has 25 heavy (non-hydrogen) atoms. The van der Waals surface area contributed by atoms with Crippen LogP contribution in [0.25, 0.3) is 0 Å². The molecule has 2 aromatic rings. The van der Waals surface area contributed by atoms with Gasteiger partial charge in [0.1, 0.15) is 0 Å². The third-order valence-electron chi connectivity index (χ3n) is 3.75. The van der Waals surface area contributed by atoms with Crippen molar-refractivity contribution in [2.24, 2.45) is 0 Å². The third kappa shape index (κ3) is 5.20. The predicted molar refractivity (Wildman–Crippen MR) is 106 cm³/mol. The highest BCUT2D eigenvalue weighted by Crippen LogP contribution is 2.26. The molecule has 0 radical (unpaired) electrons. The standard InChI is InChI=1S/C17H21N5OS2/c1-2-9-18-16-20-21-17(25-16)24-12-15(23)19-13-5-7-14(8-6-13)22-10-3-4-11-22/h2,5-8H,1,3-4,9-12H2,(H,18,20)(H,19,23). The molecule has 0 unspecified atom stereocenters. The third-order valence-corrected chi connectivity index (χ3v) is 5.77. The number of carbonyl (C=O) groups excluding carboxylic acids is 1. The molecule has 2 N–H and O–H groups in total. The summed E-state index contributed by atoms with van der Waals surface area (Å²) in [6.45, 7) is 6.53. The summed E-state index contributed by atoms with van der Waals surface area (Å²) in [7, 11) is 0. The summed E-state index contributed by atoms with van der Waals surface area (Å²) in [5.41, 5.74) is 2.04. The summed E-state index contributed by atoms with van der Waals surface area (Å²) in [5, 5.41) is 14.8. The van der Waals surface area contributed by atoms with Crippen LogP contribution in [-0.2, 0) is 4.79 Å². The second-order valence-corrected chi connectivity index (χ2v) is 7.82. The van der Waals surface area contributed by atoms with E-state index in [1.807, 2.05) is 12.1 Å². The van der Waals surface area contributed by atoms with Gasteiger partial charge in [0.2, 0.25) is 11.0 Å². The molecule has 1 aliphatic heterocycles. The van der Waals surface area contributed by atoms with E-state index in [-0.39, 0.29) is 5.91 Å². The predicted octanol–water partition coefficient (Wildman–Crippen LogP) is 3.47. The number of rotatable bonds is 8. The summed E-state index contributed by atoms with van der Waals surface area (Å²) in [6, 6.07) is 8.05. The number of hydrogen-bond donors (Lipinski definition) is 2. The zero-order valence-corrected chi connectivity index (χ0v) is 15.5. The fourth-order valence-electron chi connectivity index (χ4n) is 2.55. The van der Waals surface area contributed by atoms with Crippen LogP contribution in [0.3, 0.4) is 0 Å². The van der Waals surface area contributed by atoms with E-state index in [1.165, 1.54) is 41.6 Å². The highest BCUT2D eigenvalue weighted by atomic mass is 32.2. The molecule has 2 heterocycles. The van der Waals surface area contributed by atoms with Gasteiger partial charge in [-0.3, -0.25) is 4.79 Å². The Balaban J connectivity index is 1.45. The molecule has 1 aromatic carbocycles. The molecule has 0 spiro atoms. The van der Waals surface area contributed by atoms with E-state index in [2.05, 4.69) is 44.4 Å². The number of amides is 1.